The van der Waals surface area contributed by atoms with Crippen LogP contribution in [0.2, 0.25) is 0 Å². The van der Waals surface area contributed by atoms with Gasteiger partial charge in [-0.3, -0.25) is 14.3 Å². The fraction of sp³-hybridized carbons (Fsp3) is 0.440. The van der Waals surface area contributed by atoms with Crippen LogP contribution in [0.1, 0.15) is 39.3 Å². The molecule has 0 aliphatic carbocycles. The van der Waals surface area contributed by atoms with E-state index in [-0.39, 0.29) is 24.3 Å². The monoisotopic (exact) mass is 557 g/mol. The number of nitrogens with one attached hydrogen (secondary N) is 1. The van der Waals surface area contributed by atoms with Crippen LogP contribution in [0.25, 0.3) is 11.3 Å². The highest BCUT2D eigenvalue weighted by molar-refractivity contribution is 7.87. The first-order valence-electron chi connectivity index (χ1n) is 12.5. The Labute approximate surface area is 226 Å². The third-order valence-electron chi connectivity index (χ3n) is 6.15. The van der Waals surface area contributed by atoms with Crippen molar-refractivity contribution in [1.29, 1.82) is 0 Å². The molecule has 0 unspecified atom stereocenters. The topological polar surface area (TPSA) is 170 Å². The lowest BCUT2D eigenvalue weighted by Gasteiger charge is -2.35. The summed E-state index contributed by atoms with van der Waals surface area (Å²) < 4.78 is 45.6. The maximum atomic E-state index is 13.7. The molecule has 0 aromatic carbocycles. The Morgan fingerprint density at radius 3 is 2.56 bits per heavy atom. The summed E-state index contributed by atoms with van der Waals surface area (Å²) in [6, 6.07) is 4.99. The summed E-state index contributed by atoms with van der Waals surface area (Å²) in [6.45, 7) is 6.51. The van der Waals surface area contributed by atoms with E-state index in [9.17, 15) is 17.8 Å². The smallest absolute Gasteiger partial charge is 0.362 e. The summed E-state index contributed by atoms with van der Waals surface area (Å²) in [5, 5.41) is 2.86. The molecule has 3 aromatic heterocycles. The first kappa shape index (κ1) is 28.3. The zero-order valence-corrected chi connectivity index (χ0v) is 22.8. The highest BCUT2D eigenvalue weighted by Gasteiger charge is 2.44. The number of aromatic nitrogens is 5. The minimum Gasteiger partial charge on any atom is -0.477 e. The molecular formula is C25H31N7O6S. The Hall–Kier alpha value is -3.75. The molecule has 13 nitrogen and oxygen atoms in total. The maximum Gasteiger partial charge on any atom is 0.362 e. The maximum absolute atomic E-state index is 13.7. The normalized spacial score (nSPS) is 15.1. The average Bonchev–Trinajstić information content (AvgIpc) is 2.92. The predicted octanol–water partition coefficient (Wildman–Crippen LogP) is 2.68. The van der Waals surface area contributed by atoms with Gasteiger partial charge < -0.3 is 14.8 Å². The number of nitrogens with zero attached hydrogens (tertiary/aromatic N) is 6. The molecule has 0 saturated carbocycles. The summed E-state index contributed by atoms with van der Waals surface area (Å²) in [5.41, 5.74) is 0.464. The van der Waals surface area contributed by atoms with Gasteiger partial charge in [-0.15, -0.1) is 0 Å². The number of hydrogen-bond donors (Lipinski definition) is 2. The summed E-state index contributed by atoms with van der Waals surface area (Å²) in [5.74, 6) is 0.0359. The van der Waals surface area contributed by atoms with Gasteiger partial charge in [-0.2, -0.15) is 8.42 Å². The molecule has 1 aliphatic heterocycles. The quantitative estimate of drug-likeness (QED) is 0.351. The van der Waals surface area contributed by atoms with Crippen molar-refractivity contribution in [2.45, 2.75) is 39.0 Å². The van der Waals surface area contributed by atoms with Gasteiger partial charge in [0.05, 0.1) is 35.8 Å². The van der Waals surface area contributed by atoms with Crippen molar-refractivity contribution in [2.75, 3.05) is 36.0 Å². The minimum absolute atomic E-state index is 0.0291. The summed E-state index contributed by atoms with van der Waals surface area (Å²) in [4.78, 5) is 35.2. The molecule has 0 spiro atoms. The molecular weight excluding hydrogens is 526 g/mol. The van der Waals surface area contributed by atoms with Crippen LogP contribution in [0.3, 0.4) is 0 Å². The Morgan fingerprint density at radius 1 is 1.15 bits per heavy atom. The zero-order chi connectivity index (χ0) is 28.0. The van der Waals surface area contributed by atoms with Crippen molar-refractivity contribution in [3.8, 4) is 17.1 Å². The highest BCUT2D eigenvalue weighted by Crippen LogP contribution is 2.36. The van der Waals surface area contributed by atoms with Crippen LogP contribution in [-0.2, 0) is 25.3 Å². The van der Waals surface area contributed by atoms with Gasteiger partial charge in [0.1, 0.15) is 5.82 Å². The molecule has 3 aromatic rings. The van der Waals surface area contributed by atoms with E-state index >= 15 is 0 Å². The fourth-order valence-corrected chi connectivity index (χ4v) is 5.01. The fourth-order valence-electron chi connectivity index (χ4n) is 4.23. The Balaban J connectivity index is 1.61. The summed E-state index contributed by atoms with van der Waals surface area (Å²) >= 11 is 0. The van der Waals surface area contributed by atoms with Gasteiger partial charge in [0.2, 0.25) is 17.7 Å². The van der Waals surface area contributed by atoms with Crippen molar-refractivity contribution in [3.05, 3.63) is 48.7 Å². The minimum atomic E-state index is -4.63. The number of carbonyl (C=O) groups excluding carboxylic acids is 1. The van der Waals surface area contributed by atoms with Crippen molar-refractivity contribution >= 4 is 28.0 Å². The van der Waals surface area contributed by atoms with Crippen molar-refractivity contribution in [1.82, 2.24) is 24.9 Å². The van der Waals surface area contributed by atoms with Crippen LogP contribution in [0, 0.1) is 5.92 Å². The second-order valence-corrected chi connectivity index (χ2v) is 10.7. The second-order valence-electron chi connectivity index (χ2n) is 9.40. The Bertz CT molecular complexity index is 1400. The summed E-state index contributed by atoms with van der Waals surface area (Å²) in [6.07, 6.45) is 6.69. The second kappa shape index (κ2) is 12.0. The Morgan fingerprint density at radius 2 is 1.92 bits per heavy atom. The van der Waals surface area contributed by atoms with Gasteiger partial charge in [-0.1, -0.05) is 13.8 Å². The molecule has 1 amide bonds. The first-order chi connectivity index (χ1) is 18.6. The zero-order valence-electron chi connectivity index (χ0n) is 21.9. The molecule has 0 atom stereocenters. The van der Waals surface area contributed by atoms with Gasteiger partial charge in [-0.05, 0) is 43.9 Å². The SMILES string of the molecule is CCOc1cncc(-c2ccc(NC(=O)C3(c4ccnc(N(CC(C)C)S(=O)(=O)O)n4)CCOCC3)nc2)n1. The third-order valence-corrected chi connectivity index (χ3v) is 7.02. The third kappa shape index (κ3) is 6.64. The van der Waals surface area contributed by atoms with E-state index in [4.69, 9.17) is 9.47 Å². The number of pyridine rings is 1. The molecule has 2 N–H and O–H groups in total. The molecule has 0 radical (unpaired) electrons. The van der Waals surface area contributed by atoms with Gasteiger partial charge in [0, 0.05) is 37.7 Å². The number of anilines is 2. The molecule has 4 rings (SSSR count). The molecule has 1 aliphatic rings. The van der Waals surface area contributed by atoms with Gasteiger partial charge in [-0.25, -0.2) is 24.2 Å². The molecule has 0 bridgehead atoms. The molecule has 39 heavy (non-hydrogen) atoms. The van der Waals surface area contributed by atoms with Crippen molar-refractivity contribution in [2.24, 2.45) is 5.92 Å². The first-order valence-corrected chi connectivity index (χ1v) is 13.9. The van der Waals surface area contributed by atoms with E-state index in [1.807, 2.05) is 6.92 Å². The number of amides is 1. The standard InChI is InChI=1S/C25H31N7O6S/c1-4-38-22-15-26-14-19(29-22)18-5-6-21(28-13-18)31-23(33)25(8-11-37-12-9-25)20-7-10-27-24(30-20)32(16-17(2)3)39(34,35)36/h5-7,10,13-15,17H,4,8-9,11-12,16H2,1-3H3,(H,28,31,33)(H,34,35,36). The number of ether oxygens (including phenoxy) is 2. The molecule has 1 saturated heterocycles. The van der Waals surface area contributed by atoms with Crippen molar-refractivity contribution in [3.63, 3.8) is 0 Å². The van der Waals surface area contributed by atoms with Gasteiger partial charge >= 0.3 is 10.3 Å². The van der Waals surface area contributed by atoms with Gasteiger partial charge in [0.25, 0.3) is 0 Å². The van der Waals surface area contributed by atoms with Crippen molar-refractivity contribution < 1.29 is 27.2 Å². The van der Waals surface area contributed by atoms with E-state index in [1.54, 1.807) is 44.4 Å². The van der Waals surface area contributed by atoms with Crippen LogP contribution in [0.4, 0.5) is 11.8 Å². The molecule has 14 heteroatoms. The van der Waals surface area contributed by atoms with Crippen LogP contribution in [0.15, 0.2) is 43.0 Å². The van der Waals surface area contributed by atoms with E-state index < -0.39 is 15.7 Å². The average molecular weight is 558 g/mol. The molecule has 4 heterocycles. The van der Waals surface area contributed by atoms with E-state index in [0.717, 1.165) is 4.31 Å². The molecule has 1 fully saturated rings. The lowest BCUT2D eigenvalue weighted by atomic mass is 9.76. The van der Waals surface area contributed by atoms with Crippen LogP contribution < -0.4 is 14.4 Å². The number of carbonyl (C=O) groups is 1. The van der Waals surface area contributed by atoms with Gasteiger partial charge in [0.15, 0.2) is 0 Å². The van der Waals surface area contributed by atoms with E-state index in [0.29, 0.717) is 61.3 Å². The lowest BCUT2D eigenvalue weighted by Crippen LogP contribution is -2.46. The van der Waals surface area contributed by atoms with E-state index in [1.165, 1.54) is 12.4 Å². The predicted molar refractivity (Wildman–Crippen MR) is 143 cm³/mol. The number of hydrogen-bond acceptors (Lipinski definition) is 10. The van der Waals surface area contributed by atoms with Crippen LogP contribution in [-0.4, -0.2) is 70.2 Å². The summed E-state index contributed by atoms with van der Waals surface area (Å²) in [7, 11) is -4.63. The Kier molecular flexibility index (Phi) is 8.67. The molecule has 208 valence electrons. The largest absolute Gasteiger partial charge is 0.477 e. The highest BCUT2D eigenvalue weighted by atomic mass is 32.2. The van der Waals surface area contributed by atoms with Crippen LogP contribution in [0.5, 0.6) is 5.88 Å². The van der Waals surface area contributed by atoms with E-state index in [2.05, 4.69) is 30.2 Å². The number of rotatable bonds is 10. The lowest BCUT2D eigenvalue weighted by molar-refractivity contribution is -0.125. The van der Waals surface area contributed by atoms with Crippen LogP contribution >= 0.6 is 0 Å².